The molecule has 0 radical (unpaired) electrons. The van der Waals surface area contributed by atoms with Crippen LogP contribution in [0.4, 0.5) is 20.2 Å². The van der Waals surface area contributed by atoms with E-state index >= 15 is 0 Å². The molecule has 0 atom stereocenters. The number of benzene rings is 2. The molecule has 0 spiro atoms. The molecule has 0 heterocycles. The van der Waals surface area contributed by atoms with E-state index < -0.39 is 17.6 Å². The van der Waals surface area contributed by atoms with Crippen molar-refractivity contribution in [1.82, 2.24) is 0 Å². The molecule has 2 aromatic carbocycles. The number of rotatable bonds is 4. The van der Waals surface area contributed by atoms with Crippen LogP contribution in [0.15, 0.2) is 42.5 Å². The second-order valence-electron chi connectivity index (χ2n) is 4.08. The zero-order valence-electron chi connectivity index (χ0n) is 10.8. The van der Waals surface area contributed by atoms with Gasteiger partial charge in [0.25, 0.3) is 0 Å². The van der Waals surface area contributed by atoms with Gasteiger partial charge in [-0.3, -0.25) is 0 Å². The second kappa shape index (κ2) is 6.14. The van der Waals surface area contributed by atoms with E-state index in [1.807, 2.05) is 0 Å². The van der Waals surface area contributed by atoms with Crippen molar-refractivity contribution in [2.45, 2.75) is 6.92 Å². The number of esters is 1. The van der Waals surface area contributed by atoms with Crippen molar-refractivity contribution in [2.24, 2.45) is 0 Å². The largest absolute Gasteiger partial charge is 0.462 e. The molecule has 0 aliphatic heterocycles. The molecule has 5 heteroatoms. The second-order valence-corrected chi connectivity index (χ2v) is 4.08. The Bertz CT molecular complexity index is 592. The number of hydrogen-bond acceptors (Lipinski definition) is 3. The van der Waals surface area contributed by atoms with Crippen molar-refractivity contribution >= 4 is 17.3 Å². The van der Waals surface area contributed by atoms with Crippen molar-refractivity contribution < 1.29 is 18.3 Å². The summed E-state index contributed by atoms with van der Waals surface area (Å²) in [4.78, 5) is 11.5. The number of hydrogen-bond donors (Lipinski definition) is 1. The van der Waals surface area contributed by atoms with Gasteiger partial charge in [-0.15, -0.1) is 0 Å². The van der Waals surface area contributed by atoms with Crippen molar-refractivity contribution in [1.29, 1.82) is 0 Å². The minimum atomic E-state index is -0.657. The van der Waals surface area contributed by atoms with Crippen molar-refractivity contribution in [3.05, 3.63) is 59.7 Å². The highest BCUT2D eigenvalue weighted by Gasteiger charge is 2.06. The van der Waals surface area contributed by atoms with E-state index in [1.165, 1.54) is 12.1 Å². The first-order valence-corrected chi connectivity index (χ1v) is 6.09. The summed E-state index contributed by atoms with van der Waals surface area (Å²) in [5, 5.41) is 2.85. The van der Waals surface area contributed by atoms with Gasteiger partial charge < -0.3 is 10.1 Å². The van der Waals surface area contributed by atoms with Gasteiger partial charge in [-0.25, -0.2) is 13.6 Å². The first-order valence-electron chi connectivity index (χ1n) is 6.09. The normalized spacial score (nSPS) is 10.2. The van der Waals surface area contributed by atoms with Gasteiger partial charge in [0.1, 0.15) is 11.6 Å². The summed E-state index contributed by atoms with van der Waals surface area (Å²) in [6.45, 7) is 2.04. The molecule has 0 fully saturated rings. The molecule has 0 saturated carbocycles. The Morgan fingerprint density at radius 3 is 2.20 bits per heavy atom. The third-order valence-electron chi connectivity index (χ3n) is 2.55. The maximum Gasteiger partial charge on any atom is 0.338 e. The summed E-state index contributed by atoms with van der Waals surface area (Å²) < 4.78 is 30.9. The molecule has 20 heavy (non-hydrogen) atoms. The van der Waals surface area contributed by atoms with Crippen LogP contribution < -0.4 is 5.32 Å². The lowest BCUT2D eigenvalue weighted by Gasteiger charge is -2.08. The summed E-state index contributed by atoms with van der Waals surface area (Å²) in [6, 6.07) is 9.59. The molecule has 2 aromatic rings. The maximum atomic E-state index is 13.0. The zero-order valence-corrected chi connectivity index (χ0v) is 10.8. The van der Waals surface area contributed by atoms with Gasteiger partial charge in [0.15, 0.2) is 0 Å². The van der Waals surface area contributed by atoms with Crippen LogP contribution in [0.1, 0.15) is 17.3 Å². The molecular weight excluding hydrogens is 264 g/mol. The quantitative estimate of drug-likeness (QED) is 0.862. The average molecular weight is 277 g/mol. The van der Waals surface area contributed by atoms with Gasteiger partial charge in [0.05, 0.1) is 12.2 Å². The first kappa shape index (κ1) is 14.0. The highest BCUT2D eigenvalue weighted by atomic mass is 19.1. The molecule has 0 saturated heterocycles. The first-order chi connectivity index (χ1) is 9.58. The fraction of sp³-hybridized carbons (Fsp3) is 0.133. The summed E-state index contributed by atoms with van der Waals surface area (Å²) in [5.41, 5.74) is 1.33. The maximum absolute atomic E-state index is 13.0. The Balaban J connectivity index is 2.12. The number of anilines is 2. The van der Waals surface area contributed by atoms with Crippen LogP contribution in [0.25, 0.3) is 0 Å². The van der Waals surface area contributed by atoms with Gasteiger partial charge in [-0.2, -0.15) is 0 Å². The summed E-state index contributed by atoms with van der Waals surface area (Å²) in [7, 11) is 0. The minimum absolute atomic E-state index is 0.298. The van der Waals surface area contributed by atoms with Gasteiger partial charge in [0.2, 0.25) is 0 Å². The van der Waals surface area contributed by atoms with Crippen molar-refractivity contribution in [3.63, 3.8) is 0 Å². The van der Waals surface area contributed by atoms with Gasteiger partial charge >= 0.3 is 5.97 Å². The lowest BCUT2D eigenvalue weighted by Crippen LogP contribution is -2.04. The Labute approximate surface area is 115 Å². The number of carbonyl (C=O) groups excluding carboxylic acids is 1. The molecule has 0 aliphatic rings. The average Bonchev–Trinajstić information content (AvgIpc) is 2.38. The smallest absolute Gasteiger partial charge is 0.338 e. The van der Waals surface area contributed by atoms with E-state index in [0.29, 0.717) is 23.5 Å². The van der Waals surface area contributed by atoms with Crippen LogP contribution in [0.5, 0.6) is 0 Å². The fourth-order valence-corrected chi connectivity index (χ4v) is 1.70. The highest BCUT2D eigenvalue weighted by molar-refractivity contribution is 5.89. The Morgan fingerprint density at radius 1 is 1.05 bits per heavy atom. The van der Waals surface area contributed by atoms with Crippen LogP contribution in [0.2, 0.25) is 0 Å². The van der Waals surface area contributed by atoms with E-state index in [-0.39, 0.29) is 0 Å². The predicted octanol–water partition coefficient (Wildman–Crippen LogP) is 3.89. The molecule has 1 N–H and O–H groups in total. The molecule has 2 rings (SSSR count). The summed E-state index contributed by atoms with van der Waals surface area (Å²) in [6.07, 6.45) is 0. The SMILES string of the molecule is CCOC(=O)c1ccc(Nc2cc(F)cc(F)c2)cc1. The third-order valence-corrected chi connectivity index (χ3v) is 2.55. The molecule has 0 unspecified atom stereocenters. The van der Waals surface area contributed by atoms with E-state index in [4.69, 9.17) is 4.74 Å². The molecule has 0 aromatic heterocycles. The van der Waals surface area contributed by atoms with Crippen LogP contribution in [0, 0.1) is 11.6 Å². The predicted molar refractivity (Wildman–Crippen MR) is 72.0 cm³/mol. The van der Waals surface area contributed by atoms with E-state index in [2.05, 4.69) is 5.32 Å². The van der Waals surface area contributed by atoms with Gasteiger partial charge in [0, 0.05) is 17.4 Å². The lowest BCUT2D eigenvalue weighted by atomic mass is 10.2. The number of ether oxygens (including phenoxy) is 1. The monoisotopic (exact) mass is 277 g/mol. The molecule has 3 nitrogen and oxygen atoms in total. The Hall–Kier alpha value is -2.43. The molecule has 0 aliphatic carbocycles. The zero-order chi connectivity index (χ0) is 14.5. The van der Waals surface area contributed by atoms with Crippen LogP contribution in [0.3, 0.4) is 0 Å². The summed E-state index contributed by atoms with van der Waals surface area (Å²) >= 11 is 0. The Kier molecular flexibility index (Phi) is 4.30. The Morgan fingerprint density at radius 2 is 1.65 bits per heavy atom. The number of nitrogens with one attached hydrogen (secondary N) is 1. The van der Waals surface area contributed by atoms with Crippen molar-refractivity contribution in [2.75, 3.05) is 11.9 Å². The number of carbonyl (C=O) groups is 1. The molecule has 104 valence electrons. The standard InChI is InChI=1S/C15H13F2NO2/c1-2-20-15(19)10-3-5-13(6-4-10)18-14-8-11(16)7-12(17)9-14/h3-9,18H,2H2,1H3. The minimum Gasteiger partial charge on any atom is -0.462 e. The van der Waals surface area contributed by atoms with E-state index in [1.54, 1.807) is 31.2 Å². The third kappa shape index (κ3) is 3.54. The highest BCUT2D eigenvalue weighted by Crippen LogP contribution is 2.19. The fourth-order valence-electron chi connectivity index (χ4n) is 1.70. The van der Waals surface area contributed by atoms with Gasteiger partial charge in [-0.1, -0.05) is 0 Å². The number of halogens is 2. The van der Waals surface area contributed by atoms with E-state index in [0.717, 1.165) is 6.07 Å². The summed E-state index contributed by atoms with van der Waals surface area (Å²) in [5.74, 6) is -1.72. The molecule has 0 bridgehead atoms. The van der Waals surface area contributed by atoms with Gasteiger partial charge in [-0.05, 0) is 43.3 Å². The van der Waals surface area contributed by atoms with Crippen LogP contribution >= 0.6 is 0 Å². The molecule has 0 amide bonds. The van der Waals surface area contributed by atoms with Crippen LogP contribution in [-0.2, 0) is 4.74 Å². The van der Waals surface area contributed by atoms with Crippen LogP contribution in [-0.4, -0.2) is 12.6 Å². The lowest BCUT2D eigenvalue weighted by molar-refractivity contribution is 0.0526. The van der Waals surface area contributed by atoms with E-state index in [9.17, 15) is 13.6 Å². The van der Waals surface area contributed by atoms with Crippen molar-refractivity contribution in [3.8, 4) is 0 Å². The topological polar surface area (TPSA) is 38.3 Å². The molecular formula is C15H13F2NO2.